The predicted molar refractivity (Wildman–Crippen MR) is 73.4 cm³/mol. The van der Waals surface area contributed by atoms with Gasteiger partial charge in [0, 0.05) is 25.2 Å². The fourth-order valence-corrected chi connectivity index (χ4v) is 2.66. The van der Waals surface area contributed by atoms with Crippen LogP contribution in [0.5, 0.6) is 0 Å². The number of nitriles is 1. The standard InChI is InChI=1S/C14H27N3O/c1-11(2)16-14(4,10-15)7-8-17(5)13-6-9-18-12(13)3/h11-13,16H,6-9H2,1-5H3. The van der Waals surface area contributed by atoms with Crippen molar-refractivity contribution in [2.75, 3.05) is 20.2 Å². The van der Waals surface area contributed by atoms with E-state index in [2.05, 4.69) is 44.1 Å². The Morgan fingerprint density at radius 3 is 2.67 bits per heavy atom. The molecule has 0 spiro atoms. The summed E-state index contributed by atoms with van der Waals surface area (Å²) in [6.07, 6.45) is 2.24. The van der Waals surface area contributed by atoms with E-state index in [1.54, 1.807) is 0 Å². The maximum absolute atomic E-state index is 9.31. The highest BCUT2D eigenvalue weighted by Gasteiger charge is 2.30. The molecule has 0 bridgehead atoms. The number of nitrogens with one attached hydrogen (secondary N) is 1. The first-order valence-corrected chi connectivity index (χ1v) is 6.89. The van der Waals surface area contributed by atoms with Gasteiger partial charge in [-0.3, -0.25) is 5.32 Å². The van der Waals surface area contributed by atoms with Gasteiger partial charge in [-0.15, -0.1) is 0 Å². The lowest BCUT2D eigenvalue weighted by atomic mass is 9.97. The summed E-state index contributed by atoms with van der Waals surface area (Å²) in [6, 6.07) is 3.22. The van der Waals surface area contributed by atoms with Gasteiger partial charge in [-0.2, -0.15) is 5.26 Å². The maximum atomic E-state index is 9.31. The molecule has 1 N–H and O–H groups in total. The lowest BCUT2D eigenvalue weighted by Crippen LogP contribution is -2.48. The summed E-state index contributed by atoms with van der Waals surface area (Å²) in [6.45, 7) is 10.0. The summed E-state index contributed by atoms with van der Waals surface area (Å²) >= 11 is 0. The zero-order valence-electron chi connectivity index (χ0n) is 12.4. The molecular weight excluding hydrogens is 226 g/mol. The van der Waals surface area contributed by atoms with Crippen molar-refractivity contribution in [3.8, 4) is 6.07 Å². The molecule has 4 nitrogen and oxygen atoms in total. The summed E-state index contributed by atoms with van der Waals surface area (Å²) in [4.78, 5) is 2.33. The fraction of sp³-hybridized carbons (Fsp3) is 0.929. The van der Waals surface area contributed by atoms with E-state index in [1.807, 2.05) is 6.92 Å². The number of ether oxygens (including phenoxy) is 1. The highest BCUT2D eigenvalue weighted by Crippen LogP contribution is 2.20. The maximum Gasteiger partial charge on any atom is 0.105 e. The lowest BCUT2D eigenvalue weighted by molar-refractivity contribution is 0.0813. The van der Waals surface area contributed by atoms with Crippen molar-refractivity contribution >= 4 is 0 Å². The van der Waals surface area contributed by atoms with Crippen LogP contribution in [0.25, 0.3) is 0 Å². The summed E-state index contributed by atoms with van der Waals surface area (Å²) in [7, 11) is 2.13. The van der Waals surface area contributed by atoms with E-state index < -0.39 is 5.54 Å². The Labute approximate surface area is 111 Å². The molecule has 1 fully saturated rings. The van der Waals surface area contributed by atoms with Crippen LogP contribution < -0.4 is 5.32 Å². The van der Waals surface area contributed by atoms with Crippen molar-refractivity contribution in [3.05, 3.63) is 0 Å². The summed E-state index contributed by atoms with van der Waals surface area (Å²) in [5.74, 6) is 0. The molecule has 4 heteroatoms. The summed E-state index contributed by atoms with van der Waals surface area (Å²) < 4.78 is 5.59. The van der Waals surface area contributed by atoms with Gasteiger partial charge in [-0.1, -0.05) is 0 Å². The molecule has 0 aromatic carbocycles. The molecule has 0 aromatic rings. The predicted octanol–water partition coefficient (Wildman–Crippen LogP) is 1.77. The van der Waals surface area contributed by atoms with E-state index in [-0.39, 0.29) is 0 Å². The quantitative estimate of drug-likeness (QED) is 0.783. The Morgan fingerprint density at radius 1 is 1.56 bits per heavy atom. The van der Waals surface area contributed by atoms with E-state index in [9.17, 15) is 5.26 Å². The average molecular weight is 253 g/mol. The number of hydrogen-bond acceptors (Lipinski definition) is 4. The van der Waals surface area contributed by atoms with Gasteiger partial charge in [0.2, 0.25) is 0 Å². The zero-order chi connectivity index (χ0) is 13.8. The van der Waals surface area contributed by atoms with Crippen LogP contribution in [0.1, 0.15) is 40.5 Å². The van der Waals surface area contributed by atoms with E-state index in [1.165, 1.54) is 0 Å². The van der Waals surface area contributed by atoms with Crippen LogP contribution in [0.15, 0.2) is 0 Å². The minimum atomic E-state index is -0.439. The molecule has 3 atom stereocenters. The molecule has 0 saturated carbocycles. The first-order chi connectivity index (χ1) is 8.38. The Morgan fingerprint density at radius 2 is 2.22 bits per heavy atom. The van der Waals surface area contributed by atoms with Crippen LogP contribution in [0.2, 0.25) is 0 Å². The third kappa shape index (κ3) is 4.24. The molecule has 1 rings (SSSR count). The van der Waals surface area contributed by atoms with Crippen molar-refractivity contribution in [3.63, 3.8) is 0 Å². The second-order valence-electron chi connectivity index (χ2n) is 5.91. The van der Waals surface area contributed by atoms with E-state index in [4.69, 9.17) is 4.74 Å². The lowest BCUT2D eigenvalue weighted by Gasteiger charge is -2.31. The number of rotatable bonds is 6. The van der Waals surface area contributed by atoms with Gasteiger partial charge in [0.05, 0.1) is 12.2 Å². The molecule has 0 amide bonds. The normalized spacial score (nSPS) is 27.4. The van der Waals surface area contributed by atoms with Crippen LogP contribution in [0, 0.1) is 11.3 Å². The molecule has 0 aliphatic carbocycles. The Kier molecular flexibility index (Phi) is 5.58. The molecule has 3 unspecified atom stereocenters. The number of hydrogen-bond donors (Lipinski definition) is 1. The number of likely N-dealkylation sites (N-methyl/N-ethyl adjacent to an activating group) is 1. The molecule has 0 aromatic heterocycles. The van der Waals surface area contributed by atoms with Crippen molar-refractivity contribution < 1.29 is 4.74 Å². The van der Waals surface area contributed by atoms with Gasteiger partial charge >= 0.3 is 0 Å². The van der Waals surface area contributed by atoms with Crippen LogP contribution in [0.4, 0.5) is 0 Å². The van der Waals surface area contributed by atoms with Crippen LogP contribution in [0.3, 0.4) is 0 Å². The third-order valence-corrected chi connectivity index (χ3v) is 3.72. The van der Waals surface area contributed by atoms with Crippen LogP contribution in [-0.4, -0.2) is 48.8 Å². The minimum absolute atomic E-state index is 0.307. The van der Waals surface area contributed by atoms with Crippen molar-refractivity contribution in [1.82, 2.24) is 10.2 Å². The molecule has 18 heavy (non-hydrogen) atoms. The van der Waals surface area contributed by atoms with E-state index in [0.717, 1.165) is 26.0 Å². The van der Waals surface area contributed by atoms with Gasteiger partial charge in [-0.05, 0) is 47.6 Å². The molecule has 1 saturated heterocycles. The Hall–Kier alpha value is -0.630. The van der Waals surface area contributed by atoms with Crippen molar-refractivity contribution in [2.45, 2.75) is 64.3 Å². The summed E-state index contributed by atoms with van der Waals surface area (Å²) in [5.41, 5.74) is -0.439. The van der Waals surface area contributed by atoms with Gasteiger partial charge in [0.1, 0.15) is 5.54 Å². The van der Waals surface area contributed by atoms with E-state index in [0.29, 0.717) is 18.2 Å². The largest absolute Gasteiger partial charge is 0.377 e. The fourth-order valence-electron chi connectivity index (χ4n) is 2.66. The second-order valence-corrected chi connectivity index (χ2v) is 5.91. The topological polar surface area (TPSA) is 48.3 Å². The van der Waals surface area contributed by atoms with Gasteiger partial charge in [0.25, 0.3) is 0 Å². The molecule has 0 radical (unpaired) electrons. The van der Waals surface area contributed by atoms with Crippen LogP contribution >= 0.6 is 0 Å². The molecular formula is C14H27N3O. The smallest absolute Gasteiger partial charge is 0.105 e. The van der Waals surface area contributed by atoms with Crippen molar-refractivity contribution in [2.24, 2.45) is 0 Å². The monoisotopic (exact) mass is 253 g/mol. The minimum Gasteiger partial charge on any atom is -0.377 e. The highest BCUT2D eigenvalue weighted by atomic mass is 16.5. The first kappa shape index (κ1) is 15.4. The third-order valence-electron chi connectivity index (χ3n) is 3.72. The van der Waals surface area contributed by atoms with Gasteiger partial charge in [-0.25, -0.2) is 0 Å². The molecule has 1 heterocycles. The van der Waals surface area contributed by atoms with Crippen molar-refractivity contribution in [1.29, 1.82) is 5.26 Å². The first-order valence-electron chi connectivity index (χ1n) is 6.89. The van der Waals surface area contributed by atoms with Gasteiger partial charge < -0.3 is 9.64 Å². The SMILES string of the molecule is CC(C)NC(C)(C#N)CCN(C)C1CCOC1C. The Balaban J connectivity index is 2.45. The van der Waals surface area contributed by atoms with Crippen LogP contribution in [-0.2, 0) is 4.74 Å². The van der Waals surface area contributed by atoms with E-state index >= 15 is 0 Å². The highest BCUT2D eigenvalue weighted by molar-refractivity contribution is 5.04. The van der Waals surface area contributed by atoms with Gasteiger partial charge in [0.15, 0.2) is 0 Å². The summed E-state index contributed by atoms with van der Waals surface area (Å²) in [5, 5.41) is 12.7. The second kappa shape index (κ2) is 6.51. The zero-order valence-corrected chi connectivity index (χ0v) is 12.4. The Bertz CT molecular complexity index is 300. The molecule has 1 aliphatic heterocycles. The molecule has 1 aliphatic rings. The molecule has 104 valence electrons. The average Bonchev–Trinajstić information content (AvgIpc) is 2.71. The number of nitrogens with zero attached hydrogens (tertiary/aromatic N) is 2.